The minimum atomic E-state index is -1.26. The summed E-state index contributed by atoms with van der Waals surface area (Å²) in [6, 6.07) is 5.75. The molecule has 0 radical (unpaired) electrons. The molecule has 0 saturated carbocycles. The number of carbonyl (C=O) groups excluding carboxylic acids is 1. The van der Waals surface area contributed by atoms with Gasteiger partial charge in [0.15, 0.2) is 0 Å². The van der Waals surface area contributed by atoms with E-state index in [4.69, 9.17) is 4.74 Å². The van der Waals surface area contributed by atoms with E-state index in [0.29, 0.717) is 23.5 Å². The Kier molecular flexibility index (Phi) is 11.3. The standard InChI is InChI=1S/C13H17FO3S.2CH4/c1-10(15)8-12(17-2)6-7-18(16)13-5-3-4-11(14)9-13;;/h3-5,9,12H,6-8H2,1-2H3;2*1H4. The quantitative estimate of drug-likeness (QED) is 0.773. The summed E-state index contributed by atoms with van der Waals surface area (Å²) in [5.41, 5.74) is 0. The van der Waals surface area contributed by atoms with Gasteiger partial charge in [0.2, 0.25) is 0 Å². The Labute approximate surface area is 124 Å². The molecule has 0 spiro atoms. The second-order valence-electron chi connectivity index (χ2n) is 4.06. The molecular formula is C15H25FO3S. The van der Waals surface area contributed by atoms with Gasteiger partial charge < -0.3 is 4.74 Å². The Morgan fingerprint density at radius 1 is 1.40 bits per heavy atom. The van der Waals surface area contributed by atoms with Gasteiger partial charge in [0, 0.05) is 24.2 Å². The Bertz CT molecular complexity index is 435. The third-order valence-corrected chi connectivity index (χ3v) is 3.92. The number of hydrogen-bond acceptors (Lipinski definition) is 3. The molecule has 0 amide bonds. The number of hydrogen-bond donors (Lipinski definition) is 0. The third kappa shape index (κ3) is 7.50. The van der Waals surface area contributed by atoms with E-state index in [1.165, 1.54) is 32.2 Å². The fourth-order valence-corrected chi connectivity index (χ4v) is 2.78. The lowest BCUT2D eigenvalue weighted by atomic mass is 10.1. The lowest BCUT2D eigenvalue weighted by molar-refractivity contribution is -0.119. The highest BCUT2D eigenvalue weighted by Gasteiger charge is 2.13. The van der Waals surface area contributed by atoms with Crippen molar-refractivity contribution in [3.05, 3.63) is 30.1 Å². The summed E-state index contributed by atoms with van der Waals surface area (Å²) in [5.74, 6) is 0.00108. The molecule has 0 aliphatic heterocycles. The van der Waals surface area contributed by atoms with Crippen molar-refractivity contribution in [2.24, 2.45) is 0 Å². The average Bonchev–Trinajstić information content (AvgIpc) is 2.33. The molecule has 116 valence electrons. The van der Waals surface area contributed by atoms with Crippen LogP contribution in [0.15, 0.2) is 29.2 Å². The summed E-state index contributed by atoms with van der Waals surface area (Å²) in [6.45, 7) is 1.50. The number of halogens is 1. The van der Waals surface area contributed by atoms with Crippen LogP contribution in [0.3, 0.4) is 0 Å². The average molecular weight is 304 g/mol. The van der Waals surface area contributed by atoms with E-state index in [2.05, 4.69) is 0 Å². The Morgan fingerprint density at radius 3 is 2.55 bits per heavy atom. The lowest BCUT2D eigenvalue weighted by Crippen LogP contribution is -2.17. The zero-order valence-corrected chi connectivity index (χ0v) is 11.3. The molecular weight excluding hydrogens is 279 g/mol. The molecule has 0 aliphatic carbocycles. The van der Waals surface area contributed by atoms with E-state index in [-0.39, 0.29) is 26.7 Å². The summed E-state index contributed by atoms with van der Waals surface area (Å²) in [6.07, 6.45) is 0.607. The Morgan fingerprint density at radius 2 is 2.05 bits per heavy atom. The van der Waals surface area contributed by atoms with Crippen molar-refractivity contribution in [2.75, 3.05) is 12.9 Å². The van der Waals surface area contributed by atoms with Crippen LogP contribution in [0.2, 0.25) is 0 Å². The zero-order valence-electron chi connectivity index (χ0n) is 10.5. The van der Waals surface area contributed by atoms with E-state index in [1.807, 2.05) is 0 Å². The SMILES string of the molecule is C.C.COC(CCS(=O)c1cccc(F)c1)CC(C)=O. The largest absolute Gasteiger partial charge is 0.381 e. The van der Waals surface area contributed by atoms with E-state index < -0.39 is 16.6 Å². The van der Waals surface area contributed by atoms with E-state index >= 15 is 0 Å². The van der Waals surface area contributed by atoms with Crippen LogP contribution >= 0.6 is 0 Å². The molecule has 0 heterocycles. The molecule has 1 aromatic carbocycles. The first-order valence-electron chi connectivity index (χ1n) is 5.69. The summed E-state index contributed by atoms with van der Waals surface area (Å²) in [5, 5.41) is 0. The third-order valence-electron chi connectivity index (χ3n) is 2.53. The topological polar surface area (TPSA) is 43.4 Å². The number of methoxy groups -OCH3 is 1. The Balaban J connectivity index is 0. The van der Waals surface area contributed by atoms with Gasteiger partial charge in [-0.2, -0.15) is 0 Å². The minimum Gasteiger partial charge on any atom is -0.381 e. The number of rotatable bonds is 7. The maximum absolute atomic E-state index is 13.0. The molecule has 0 aliphatic rings. The molecule has 0 saturated heterocycles. The first-order valence-corrected chi connectivity index (χ1v) is 7.01. The predicted octanol–water partition coefficient (Wildman–Crippen LogP) is 3.59. The van der Waals surface area contributed by atoms with E-state index in [0.717, 1.165) is 0 Å². The van der Waals surface area contributed by atoms with Crippen molar-refractivity contribution in [3.63, 3.8) is 0 Å². The molecule has 5 heteroatoms. The highest BCUT2D eigenvalue weighted by molar-refractivity contribution is 7.85. The second-order valence-corrected chi connectivity index (χ2v) is 5.63. The molecule has 0 bridgehead atoms. The van der Waals surface area contributed by atoms with Crippen LogP contribution in [0.4, 0.5) is 4.39 Å². The van der Waals surface area contributed by atoms with E-state index in [1.54, 1.807) is 6.07 Å². The van der Waals surface area contributed by atoms with Gasteiger partial charge in [0.1, 0.15) is 11.6 Å². The first kappa shape index (κ1) is 21.2. The van der Waals surface area contributed by atoms with Crippen molar-refractivity contribution < 1.29 is 18.1 Å². The molecule has 2 unspecified atom stereocenters. The second kappa shape index (κ2) is 10.7. The van der Waals surface area contributed by atoms with Crippen molar-refractivity contribution in [3.8, 4) is 0 Å². The predicted molar refractivity (Wildman–Crippen MR) is 81.8 cm³/mol. The van der Waals surface area contributed by atoms with Gasteiger partial charge in [-0.15, -0.1) is 0 Å². The summed E-state index contributed by atoms with van der Waals surface area (Å²) < 4.78 is 30.0. The van der Waals surface area contributed by atoms with E-state index in [9.17, 15) is 13.4 Å². The van der Waals surface area contributed by atoms with Gasteiger partial charge in [0.25, 0.3) is 0 Å². The van der Waals surface area contributed by atoms with Crippen LogP contribution in [0.1, 0.15) is 34.6 Å². The molecule has 0 aromatic heterocycles. The van der Waals surface area contributed by atoms with Gasteiger partial charge in [0.05, 0.1) is 16.9 Å². The van der Waals surface area contributed by atoms with Gasteiger partial charge in [-0.3, -0.25) is 9.00 Å². The highest BCUT2D eigenvalue weighted by Crippen LogP contribution is 2.12. The lowest BCUT2D eigenvalue weighted by Gasteiger charge is -2.13. The van der Waals surface area contributed by atoms with Gasteiger partial charge in [-0.1, -0.05) is 20.9 Å². The molecule has 1 aromatic rings. The van der Waals surface area contributed by atoms with Crippen molar-refractivity contribution >= 4 is 16.6 Å². The maximum atomic E-state index is 13.0. The number of ketones is 1. The molecule has 1 rings (SSSR count). The van der Waals surface area contributed by atoms with Crippen molar-refractivity contribution in [2.45, 2.75) is 45.6 Å². The number of carbonyl (C=O) groups is 1. The Hall–Kier alpha value is -1.07. The summed E-state index contributed by atoms with van der Waals surface area (Å²) >= 11 is 0. The van der Waals surface area contributed by atoms with Crippen LogP contribution in [0, 0.1) is 5.82 Å². The molecule has 0 N–H and O–H groups in total. The monoisotopic (exact) mass is 304 g/mol. The number of benzene rings is 1. The maximum Gasteiger partial charge on any atom is 0.132 e. The normalized spacial score (nSPS) is 12.8. The molecule has 0 fully saturated rings. The van der Waals surface area contributed by atoms with Crippen molar-refractivity contribution in [1.29, 1.82) is 0 Å². The number of Topliss-reactive ketones (excluding diaryl/α,β-unsaturated/α-hetero) is 1. The van der Waals surface area contributed by atoms with Crippen molar-refractivity contribution in [1.82, 2.24) is 0 Å². The number of ether oxygens (including phenoxy) is 1. The smallest absolute Gasteiger partial charge is 0.132 e. The summed E-state index contributed by atoms with van der Waals surface area (Å²) in [4.78, 5) is 11.4. The highest BCUT2D eigenvalue weighted by atomic mass is 32.2. The van der Waals surface area contributed by atoms with Crippen LogP contribution in [0.5, 0.6) is 0 Å². The zero-order chi connectivity index (χ0) is 13.5. The van der Waals surface area contributed by atoms with Crippen LogP contribution in [-0.2, 0) is 20.3 Å². The van der Waals surface area contributed by atoms with Gasteiger partial charge in [-0.25, -0.2) is 4.39 Å². The van der Waals surface area contributed by atoms with Crippen LogP contribution in [0.25, 0.3) is 0 Å². The fourth-order valence-electron chi connectivity index (χ4n) is 1.59. The first-order chi connectivity index (χ1) is 8.52. The van der Waals surface area contributed by atoms with Crippen LogP contribution < -0.4 is 0 Å². The molecule has 2 atom stereocenters. The van der Waals surface area contributed by atoms with Crippen LogP contribution in [-0.4, -0.2) is 29.0 Å². The van der Waals surface area contributed by atoms with Gasteiger partial charge in [-0.05, 0) is 31.5 Å². The minimum absolute atomic E-state index is 0. The van der Waals surface area contributed by atoms with Gasteiger partial charge >= 0.3 is 0 Å². The molecule has 20 heavy (non-hydrogen) atoms. The molecule has 3 nitrogen and oxygen atoms in total. The summed E-state index contributed by atoms with van der Waals surface area (Å²) in [7, 11) is 0.265. The fraction of sp³-hybridized carbons (Fsp3) is 0.533.